The van der Waals surface area contributed by atoms with Crippen LogP contribution in [0.4, 0.5) is 10.8 Å². The molecule has 1 unspecified atom stereocenters. The summed E-state index contributed by atoms with van der Waals surface area (Å²) in [4.78, 5) is 14.1. The van der Waals surface area contributed by atoms with E-state index in [9.17, 15) is 0 Å². The number of aromatic nitrogens is 4. The normalized spacial score (nSPS) is 12.1. The highest BCUT2D eigenvalue weighted by Crippen LogP contribution is 2.23. The smallest absolute Gasteiger partial charge is 0.243 e. The highest BCUT2D eigenvalue weighted by molar-refractivity contribution is 7.15. The maximum Gasteiger partial charge on any atom is 0.243 e. The zero-order chi connectivity index (χ0) is 19.3. The van der Waals surface area contributed by atoms with E-state index >= 15 is 0 Å². The van der Waals surface area contributed by atoms with Crippen LogP contribution < -0.4 is 10.6 Å². The standard InChI is InChI=1S/C20H20N6OS/c1-13-5-7-15(8-6-13)18-25-19(27-26-18)14(2)22-11-17-12-23-20(28-17)24-16-4-3-9-21-10-16/h3-10,12,14,22H,11H2,1-2H3,(H,23,24). The lowest BCUT2D eigenvalue weighted by molar-refractivity contribution is 0.339. The van der Waals surface area contributed by atoms with Gasteiger partial charge >= 0.3 is 0 Å². The number of pyridine rings is 1. The molecule has 0 radical (unpaired) electrons. The minimum Gasteiger partial charge on any atom is -0.337 e. The van der Waals surface area contributed by atoms with E-state index in [4.69, 9.17) is 4.52 Å². The molecule has 0 spiro atoms. The van der Waals surface area contributed by atoms with Gasteiger partial charge in [-0.15, -0.1) is 11.3 Å². The van der Waals surface area contributed by atoms with Gasteiger partial charge in [0.25, 0.3) is 0 Å². The van der Waals surface area contributed by atoms with Gasteiger partial charge in [-0.25, -0.2) is 4.98 Å². The van der Waals surface area contributed by atoms with Gasteiger partial charge in [-0.1, -0.05) is 35.0 Å². The van der Waals surface area contributed by atoms with Crippen LogP contribution in [0.25, 0.3) is 11.4 Å². The quantitative estimate of drug-likeness (QED) is 0.479. The van der Waals surface area contributed by atoms with Crippen molar-refractivity contribution in [1.82, 2.24) is 25.4 Å². The third kappa shape index (κ3) is 4.41. The average molecular weight is 392 g/mol. The summed E-state index contributed by atoms with van der Waals surface area (Å²) < 4.78 is 5.43. The molecule has 8 heteroatoms. The van der Waals surface area contributed by atoms with Gasteiger partial charge in [-0.3, -0.25) is 4.98 Å². The summed E-state index contributed by atoms with van der Waals surface area (Å²) in [5.74, 6) is 1.16. The van der Waals surface area contributed by atoms with Gasteiger partial charge in [0.15, 0.2) is 5.13 Å². The number of rotatable bonds is 7. The molecule has 4 rings (SSSR count). The number of hydrogen-bond acceptors (Lipinski definition) is 8. The zero-order valence-corrected chi connectivity index (χ0v) is 16.4. The molecule has 0 saturated heterocycles. The van der Waals surface area contributed by atoms with E-state index in [0.717, 1.165) is 21.3 Å². The molecule has 7 nitrogen and oxygen atoms in total. The van der Waals surface area contributed by atoms with E-state index < -0.39 is 0 Å². The van der Waals surface area contributed by atoms with Gasteiger partial charge < -0.3 is 15.2 Å². The molecular weight excluding hydrogens is 372 g/mol. The van der Waals surface area contributed by atoms with Crippen molar-refractivity contribution in [2.75, 3.05) is 5.32 Å². The fourth-order valence-electron chi connectivity index (χ4n) is 2.58. The minimum atomic E-state index is -0.0662. The largest absolute Gasteiger partial charge is 0.337 e. The molecule has 0 aliphatic heterocycles. The number of anilines is 2. The molecule has 4 aromatic rings. The molecule has 0 bridgehead atoms. The number of aryl methyl sites for hydroxylation is 1. The second-order valence-corrected chi connectivity index (χ2v) is 7.54. The van der Waals surface area contributed by atoms with Crippen LogP contribution in [0.1, 0.15) is 29.3 Å². The topological polar surface area (TPSA) is 88.8 Å². The summed E-state index contributed by atoms with van der Waals surface area (Å²) in [5.41, 5.74) is 3.06. The third-order valence-electron chi connectivity index (χ3n) is 4.17. The van der Waals surface area contributed by atoms with Crippen molar-refractivity contribution >= 4 is 22.2 Å². The van der Waals surface area contributed by atoms with Crippen molar-refractivity contribution in [1.29, 1.82) is 0 Å². The zero-order valence-electron chi connectivity index (χ0n) is 15.6. The Balaban J connectivity index is 1.34. The predicted molar refractivity (Wildman–Crippen MR) is 109 cm³/mol. The fraction of sp³-hybridized carbons (Fsp3) is 0.200. The summed E-state index contributed by atoms with van der Waals surface area (Å²) in [6.07, 6.45) is 5.36. The van der Waals surface area contributed by atoms with Crippen LogP contribution in [-0.2, 0) is 6.54 Å². The third-order valence-corrected chi connectivity index (χ3v) is 5.08. The molecule has 3 heterocycles. The maximum atomic E-state index is 5.43. The molecule has 0 amide bonds. The molecule has 0 aliphatic rings. The summed E-state index contributed by atoms with van der Waals surface area (Å²) in [5, 5.41) is 11.6. The number of hydrogen-bond donors (Lipinski definition) is 2. The molecule has 1 aromatic carbocycles. The number of nitrogens with one attached hydrogen (secondary N) is 2. The van der Waals surface area contributed by atoms with E-state index in [1.807, 2.05) is 49.5 Å². The lowest BCUT2D eigenvalue weighted by atomic mass is 10.1. The van der Waals surface area contributed by atoms with Crippen LogP contribution in [0.5, 0.6) is 0 Å². The van der Waals surface area contributed by atoms with Crippen LogP contribution >= 0.6 is 11.3 Å². The Kier molecular flexibility index (Phi) is 5.41. The van der Waals surface area contributed by atoms with E-state index in [1.54, 1.807) is 23.7 Å². The average Bonchev–Trinajstić information content (AvgIpc) is 3.37. The minimum absolute atomic E-state index is 0.0662. The van der Waals surface area contributed by atoms with E-state index in [0.29, 0.717) is 18.3 Å². The Morgan fingerprint density at radius 2 is 2.00 bits per heavy atom. The summed E-state index contributed by atoms with van der Waals surface area (Å²) >= 11 is 1.59. The van der Waals surface area contributed by atoms with Crippen molar-refractivity contribution in [2.24, 2.45) is 0 Å². The number of nitrogens with zero attached hydrogens (tertiary/aromatic N) is 4. The van der Waals surface area contributed by atoms with Crippen molar-refractivity contribution < 1.29 is 4.52 Å². The van der Waals surface area contributed by atoms with Crippen molar-refractivity contribution in [2.45, 2.75) is 26.4 Å². The highest BCUT2D eigenvalue weighted by atomic mass is 32.1. The van der Waals surface area contributed by atoms with E-state index in [1.165, 1.54) is 5.56 Å². The molecular formula is C20H20N6OS. The molecule has 0 fully saturated rings. The SMILES string of the molecule is Cc1ccc(-c2noc(C(C)NCc3cnc(Nc4cccnc4)s3)n2)cc1. The highest BCUT2D eigenvalue weighted by Gasteiger charge is 2.15. The lowest BCUT2D eigenvalue weighted by Crippen LogP contribution is -2.17. The molecule has 1 atom stereocenters. The van der Waals surface area contributed by atoms with Crippen molar-refractivity contribution in [3.8, 4) is 11.4 Å². The summed E-state index contributed by atoms with van der Waals surface area (Å²) in [6, 6.07) is 11.8. The summed E-state index contributed by atoms with van der Waals surface area (Å²) in [7, 11) is 0. The monoisotopic (exact) mass is 392 g/mol. The number of benzene rings is 1. The number of thiazole rings is 1. The van der Waals surface area contributed by atoms with Crippen LogP contribution in [0, 0.1) is 6.92 Å². The van der Waals surface area contributed by atoms with Gasteiger partial charge in [0.2, 0.25) is 11.7 Å². The predicted octanol–water partition coefficient (Wildman–Crippen LogP) is 4.49. The lowest BCUT2D eigenvalue weighted by Gasteiger charge is -2.07. The van der Waals surface area contributed by atoms with Gasteiger partial charge in [0, 0.05) is 29.4 Å². The summed E-state index contributed by atoms with van der Waals surface area (Å²) in [6.45, 7) is 4.71. The van der Waals surface area contributed by atoms with Crippen LogP contribution in [0.2, 0.25) is 0 Å². The first-order valence-corrected chi connectivity index (χ1v) is 9.75. The molecule has 28 heavy (non-hydrogen) atoms. The molecule has 0 aliphatic carbocycles. The first-order chi connectivity index (χ1) is 13.7. The maximum absolute atomic E-state index is 5.43. The van der Waals surface area contributed by atoms with Gasteiger partial charge in [-0.05, 0) is 26.0 Å². The van der Waals surface area contributed by atoms with Crippen LogP contribution in [0.15, 0.2) is 59.5 Å². The Morgan fingerprint density at radius 1 is 1.14 bits per heavy atom. The Hall–Kier alpha value is -3.10. The molecule has 0 saturated carbocycles. The van der Waals surface area contributed by atoms with Crippen LogP contribution in [0.3, 0.4) is 0 Å². The Bertz CT molecular complexity index is 1030. The second kappa shape index (κ2) is 8.28. The van der Waals surface area contributed by atoms with Gasteiger partial charge in [-0.2, -0.15) is 4.98 Å². The first-order valence-electron chi connectivity index (χ1n) is 8.93. The Labute approximate surface area is 166 Å². The van der Waals surface area contributed by atoms with Crippen molar-refractivity contribution in [3.63, 3.8) is 0 Å². The van der Waals surface area contributed by atoms with Crippen LogP contribution in [-0.4, -0.2) is 20.1 Å². The fourth-order valence-corrected chi connectivity index (χ4v) is 3.36. The molecule has 2 N–H and O–H groups in total. The first kappa shape index (κ1) is 18.3. The van der Waals surface area contributed by atoms with Gasteiger partial charge in [0.1, 0.15) is 0 Å². The molecule has 3 aromatic heterocycles. The molecule has 142 valence electrons. The van der Waals surface area contributed by atoms with E-state index in [2.05, 4.69) is 37.7 Å². The Morgan fingerprint density at radius 3 is 2.79 bits per heavy atom. The van der Waals surface area contributed by atoms with Gasteiger partial charge in [0.05, 0.1) is 17.9 Å². The van der Waals surface area contributed by atoms with E-state index in [-0.39, 0.29) is 6.04 Å². The van der Waals surface area contributed by atoms with Crippen molar-refractivity contribution in [3.05, 3.63) is 71.3 Å². The second-order valence-electron chi connectivity index (χ2n) is 6.42.